The number of nitrogens with one attached hydrogen (secondary N) is 2. The highest BCUT2D eigenvalue weighted by Gasteiger charge is 2.19. The normalized spacial score (nSPS) is 15.3. The maximum absolute atomic E-state index is 12.8. The average molecular weight is 435 g/mol. The average Bonchev–Trinajstić information content (AvgIpc) is 2.79. The number of rotatable bonds is 5. The van der Waals surface area contributed by atoms with Crippen LogP contribution in [0.2, 0.25) is 0 Å². The highest BCUT2D eigenvalue weighted by atomic mass is 16.2. The molecule has 1 saturated heterocycles. The SMILES string of the molecule is CNC(=O)c1cn(C(C)C)c2nc(Nc3ccc(C4CCN(C)CC4)cc3)ncc2c1=O. The molecule has 0 spiro atoms. The van der Waals surface area contributed by atoms with Gasteiger partial charge in [0.2, 0.25) is 11.4 Å². The molecule has 4 rings (SSSR count). The fraction of sp³-hybridized carbons (Fsp3) is 0.417. The molecule has 0 unspecified atom stereocenters. The van der Waals surface area contributed by atoms with E-state index in [0.29, 0.717) is 22.9 Å². The Morgan fingerprint density at radius 2 is 1.84 bits per heavy atom. The minimum absolute atomic E-state index is 0.0121. The van der Waals surface area contributed by atoms with Crippen LogP contribution in [0, 0.1) is 0 Å². The van der Waals surface area contributed by atoms with Crippen molar-refractivity contribution in [3.63, 3.8) is 0 Å². The second kappa shape index (κ2) is 9.08. The summed E-state index contributed by atoms with van der Waals surface area (Å²) in [4.78, 5) is 36.3. The van der Waals surface area contributed by atoms with Crippen LogP contribution >= 0.6 is 0 Å². The van der Waals surface area contributed by atoms with E-state index in [1.54, 1.807) is 6.20 Å². The third-order valence-corrected chi connectivity index (χ3v) is 6.16. The van der Waals surface area contributed by atoms with Crippen molar-refractivity contribution in [2.45, 2.75) is 38.6 Å². The van der Waals surface area contributed by atoms with Gasteiger partial charge in [0.15, 0.2) is 0 Å². The monoisotopic (exact) mass is 434 g/mol. The summed E-state index contributed by atoms with van der Waals surface area (Å²) in [6.45, 7) is 6.23. The van der Waals surface area contributed by atoms with Gasteiger partial charge in [0.05, 0.1) is 5.39 Å². The Morgan fingerprint density at radius 1 is 1.16 bits per heavy atom. The number of aromatic nitrogens is 3. The molecule has 8 nitrogen and oxygen atoms in total. The lowest BCUT2D eigenvalue weighted by atomic mass is 9.89. The number of likely N-dealkylation sites (tertiary alicyclic amines) is 1. The van der Waals surface area contributed by atoms with Crippen molar-refractivity contribution in [2.24, 2.45) is 0 Å². The summed E-state index contributed by atoms with van der Waals surface area (Å²) in [6, 6.07) is 8.44. The van der Waals surface area contributed by atoms with Crippen LogP contribution in [0.25, 0.3) is 11.0 Å². The van der Waals surface area contributed by atoms with E-state index in [1.165, 1.54) is 31.6 Å². The predicted octanol–water partition coefficient (Wildman–Crippen LogP) is 3.28. The Kier molecular flexibility index (Phi) is 6.23. The summed E-state index contributed by atoms with van der Waals surface area (Å²) >= 11 is 0. The van der Waals surface area contributed by atoms with Crippen molar-refractivity contribution < 1.29 is 4.79 Å². The van der Waals surface area contributed by atoms with E-state index in [2.05, 4.69) is 44.7 Å². The maximum atomic E-state index is 12.8. The Labute approximate surface area is 187 Å². The summed E-state index contributed by atoms with van der Waals surface area (Å²) < 4.78 is 1.83. The first-order valence-corrected chi connectivity index (χ1v) is 11.1. The van der Waals surface area contributed by atoms with Crippen LogP contribution in [0.4, 0.5) is 11.6 Å². The molecule has 2 N–H and O–H groups in total. The van der Waals surface area contributed by atoms with Gasteiger partial charge >= 0.3 is 0 Å². The number of pyridine rings is 1. The maximum Gasteiger partial charge on any atom is 0.256 e. The highest BCUT2D eigenvalue weighted by molar-refractivity contribution is 5.96. The van der Waals surface area contributed by atoms with Crippen molar-refractivity contribution in [3.8, 4) is 0 Å². The lowest BCUT2D eigenvalue weighted by Gasteiger charge is -2.29. The third kappa shape index (κ3) is 4.36. The first kappa shape index (κ1) is 22.0. The zero-order chi connectivity index (χ0) is 22.8. The van der Waals surface area contributed by atoms with Crippen LogP contribution in [0.5, 0.6) is 0 Å². The lowest BCUT2D eigenvalue weighted by molar-refractivity contribution is 0.0961. The van der Waals surface area contributed by atoms with E-state index < -0.39 is 5.91 Å². The zero-order valence-electron chi connectivity index (χ0n) is 19.1. The molecule has 1 aromatic carbocycles. The van der Waals surface area contributed by atoms with Crippen LogP contribution in [-0.4, -0.2) is 52.5 Å². The van der Waals surface area contributed by atoms with Gasteiger partial charge in [-0.15, -0.1) is 0 Å². The van der Waals surface area contributed by atoms with Gasteiger partial charge in [-0.05, 0) is 70.4 Å². The summed E-state index contributed by atoms with van der Waals surface area (Å²) in [7, 11) is 3.68. The molecule has 3 heterocycles. The van der Waals surface area contributed by atoms with Crippen molar-refractivity contribution in [1.82, 2.24) is 24.8 Å². The number of hydrogen-bond donors (Lipinski definition) is 2. The van der Waals surface area contributed by atoms with Crippen molar-refractivity contribution in [3.05, 3.63) is 58.0 Å². The fourth-order valence-corrected chi connectivity index (χ4v) is 4.19. The molecule has 0 bridgehead atoms. The van der Waals surface area contributed by atoms with E-state index in [1.807, 2.05) is 30.5 Å². The van der Waals surface area contributed by atoms with Gasteiger partial charge in [0, 0.05) is 31.2 Å². The highest BCUT2D eigenvalue weighted by Crippen LogP contribution is 2.28. The molecule has 0 radical (unpaired) electrons. The summed E-state index contributed by atoms with van der Waals surface area (Å²) in [5.41, 5.74) is 2.46. The number of carbonyl (C=O) groups excluding carboxylic acids is 1. The summed E-state index contributed by atoms with van der Waals surface area (Å²) in [5.74, 6) is 0.594. The van der Waals surface area contributed by atoms with E-state index in [0.717, 1.165) is 18.8 Å². The molecule has 3 aromatic rings. The molecular weight excluding hydrogens is 404 g/mol. The second-order valence-corrected chi connectivity index (χ2v) is 8.71. The molecule has 1 amide bonds. The third-order valence-electron chi connectivity index (χ3n) is 6.16. The standard InChI is InChI=1S/C24H30N6O2/c1-15(2)30-14-20(23(32)25-3)21(31)19-13-26-24(28-22(19)30)27-18-7-5-16(6-8-18)17-9-11-29(4)12-10-17/h5-8,13-15,17H,9-12H2,1-4H3,(H,25,32)(H,26,27,28). The first-order valence-electron chi connectivity index (χ1n) is 11.1. The van der Waals surface area contributed by atoms with Gasteiger partial charge in [-0.1, -0.05) is 12.1 Å². The number of amides is 1. The Hall–Kier alpha value is -3.26. The predicted molar refractivity (Wildman–Crippen MR) is 127 cm³/mol. The molecule has 168 valence electrons. The van der Waals surface area contributed by atoms with E-state index >= 15 is 0 Å². The minimum atomic E-state index is -0.418. The van der Waals surface area contributed by atoms with Gasteiger partial charge in [-0.3, -0.25) is 9.59 Å². The molecule has 2 aromatic heterocycles. The molecule has 1 fully saturated rings. The van der Waals surface area contributed by atoms with Gasteiger partial charge in [-0.25, -0.2) is 4.98 Å². The second-order valence-electron chi connectivity index (χ2n) is 8.71. The fourth-order valence-electron chi connectivity index (χ4n) is 4.19. The summed E-state index contributed by atoms with van der Waals surface area (Å²) in [6.07, 6.45) is 5.43. The number of hydrogen-bond acceptors (Lipinski definition) is 6. The van der Waals surface area contributed by atoms with Gasteiger partial charge in [0.1, 0.15) is 11.2 Å². The van der Waals surface area contributed by atoms with Crippen molar-refractivity contribution in [2.75, 3.05) is 32.5 Å². The van der Waals surface area contributed by atoms with Crippen LogP contribution in [0.3, 0.4) is 0 Å². The molecule has 32 heavy (non-hydrogen) atoms. The minimum Gasteiger partial charge on any atom is -0.355 e. The number of carbonyl (C=O) groups is 1. The quantitative estimate of drug-likeness (QED) is 0.640. The number of nitrogens with zero attached hydrogens (tertiary/aromatic N) is 4. The van der Waals surface area contributed by atoms with Crippen molar-refractivity contribution in [1.29, 1.82) is 0 Å². The summed E-state index contributed by atoms with van der Waals surface area (Å²) in [5, 5.41) is 6.08. The zero-order valence-corrected chi connectivity index (χ0v) is 19.1. The van der Waals surface area contributed by atoms with Gasteiger partial charge in [-0.2, -0.15) is 4.98 Å². The number of piperidine rings is 1. The molecule has 8 heteroatoms. The van der Waals surface area contributed by atoms with Crippen LogP contribution < -0.4 is 16.1 Å². The molecule has 0 atom stereocenters. The molecule has 1 aliphatic heterocycles. The molecule has 0 saturated carbocycles. The Bertz CT molecular complexity index is 1180. The number of anilines is 2. The smallest absolute Gasteiger partial charge is 0.256 e. The Morgan fingerprint density at radius 3 is 2.47 bits per heavy atom. The van der Waals surface area contributed by atoms with Crippen molar-refractivity contribution >= 4 is 28.6 Å². The van der Waals surface area contributed by atoms with Gasteiger partial charge in [0.25, 0.3) is 5.91 Å². The topological polar surface area (TPSA) is 92.2 Å². The first-order chi connectivity index (χ1) is 15.4. The van der Waals surface area contributed by atoms with Gasteiger partial charge < -0.3 is 20.1 Å². The largest absolute Gasteiger partial charge is 0.355 e. The van der Waals surface area contributed by atoms with E-state index in [4.69, 9.17) is 0 Å². The number of fused-ring (bicyclic) bond motifs is 1. The molecule has 0 aliphatic carbocycles. The lowest BCUT2D eigenvalue weighted by Crippen LogP contribution is -2.29. The van der Waals surface area contributed by atoms with Crippen LogP contribution in [0.1, 0.15) is 54.6 Å². The van der Waals surface area contributed by atoms with E-state index in [9.17, 15) is 9.59 Å². The van der Waals surface area contributed by atoms with E-state index in [-0.39, 0.29) is 17.0 Å². The molecular formula is C24H30N6O2. The Balaban J connectivity index is 1.62. The molecule has 1 aliphatic rings. The van der Waals surface area contributed by atoms with Crippen LogP contribution in [-0.2, 0) is 0 Å². The number of benzene rings is 1. The van der Waals surface area contributed by atoms with Crippen LogP contribution in [0.15, 0.2) is 41.5 Å².